The number of carbonyl (C=O) groups excluding carboxylic acids is 1. The van der Waals surface area contributed by atoms with Gasteiger partial charge in [0.05, 0.1) is 5.56 Å². The van der Waals surface area contributed by atoms with Gasteiger partial charge in [0.25, 0.3) is 0 Å². The van der Waals surface area contributed by atoms with E-state index in [9.17, 15) is 9.59 Å². The molecule has 6 nitrogen and oxygen atoms in total. The number of rotatable bonds is 8. The molecule has 0 aromatic heterocycles. The highest BCUT2D eigenvalue weighted by atomic mass is 16.7. The van der Waals surface area contributed by atoms with E-state index in [1.807, 2.05) is 12.1 Å². The summed E-state index contributed by atoms with van der Waals surface area (Å²) in [5, 5.41) is 11.6. The van der Waals surface area contributed by atoms with Crippen molar-refractivity contribution in [1.29, 1.82) is 0 Å². The molecular formula is C19H19NO5. The molecule has 0 radical (unpaired) electrons. The van der Waals surface area contributed by atoms with Crippen molar-refractivity contribution in [2.24, 2.45) is 0 Å². The van der Waals surface area contributed by atoms with Gasteiger partial charge in [-0.15, -0.1) is 0 Å². The van der Waals surface area contributed by atoms with E-state index in [1.54, 1.807) is 37.5 Å². The highest BCUT2D eigenvalue weighted by Crippen LogP contribution is 2.13. The standard InChI is InChI=1S/C19H19NO5/c1-24-13-25-17-9-4-14(5-10-17)6-11-18(21)20-12-15-2-7-16(8-3-15)19(22)23/h2-11H,12-13H2,1H3,(H,20,21)(H,22,23)/b11-6+. The van der Waals surface area contributed by atoms with E-state index in [0.717, 1.165) is 11.1 Å². The van der Waals surface area contributed by atoms with Gasteiger partial charge in [0.15, 0.2) is 6.79 Å². The Morgan fingerprint density at radius 1 is 1.08 bits per heavy atom. The zero-order chi connectivity index (χ0) is 18.1. The summed E-state index contributed by atoms with van der Waals surface area (Å²) in [6.45, 7) is 0.512. The van der Waals surface area contributed by atoms with Crippen LogP contribution in [0.2, 0.25) is 0 Å². The van der Waals surface area contributed by atoms with Crippen LogP contribution in [0.4, 0.5) is 0 Å². The van der Waals surface area contributed by atoms with Gasteiger partial charge < -0.3 is 19.9 Å². The van der Waals surface area contributed by atoms with E-state index in [0.29, 0.717) is 12.3 Å². The van der Waals surface area contributed by atoms with Crippen LogP contribution >= 0.6 is 0 Å². The first-order valence-electron chi connectivity index (χ1n) is 7.58. The predicted octanol–water partition coefficient (Wildman–Crippen LogP) is 2.70. The quantitative estimate of drug-likeness (QED) is 0.570. The third-order valence-corrected chi connectivity index (χ3v) is 3.32. The van der Waals surface area contributed by atoms with Gasteiger partial charge in [-0.1, -0.05) is 24.3 Å². The molecule has 0 atom stereocenters. The second-order valence-corrected chi connectivity index (χ2v) is 5.17. The van der Waals surface area contributed by atoms with Crippen molar-refractivity contribution >= 4 is 18.0 Å². The number of carboxylic acids is 1. The zero-order valence-electron chi connectivity index (χ0n) is 13.8. The Balaban J connectivity index is 1.82. The van der Waals surface area contributed by atoms with Crippen molar-refractivity contribution in [2.45, 2.75) is 6.54 Å². The smallest absolute Gasteiger partial charge is 0.335 e. The minimum atomic E-state index is -0.975. The molecule has 1 amide bonds. The van der Waals surface area contributed by atoms with E-state index in [2.05, 4.69) is 5.32 Å². The molecule has 2 aromatic rings. The minimum Gasteiger partial charge on any atom is -0.478 e. The fourth-order valence-electron chi connectivity index (χ4n) is 1.99. The van der Waals surface area contributed by atoms with Crippen molar-refractivity contribution in [2.75, 3.05) is 13.9 Å². The Hall–Kier alpha value is -3.12. The Bertz CT molecular complexity index is 735. The average Bonchev–Trinajstić information content (AvgIpc) is 2.64. The number of hydrogen-bond donors (Lipinski definition) is 2. The molecule has 0 aliphatic heterocycles. The van der Waals surface area contributed by atoms with Gasteiger partial charge in [0, 0.05) is 19.7 Å². The summed E-state index contributed by atoms with van der Waals surface area (Å²) in [6.07, 6.45) is 3.14. The molecule has 2 N–H and O–H groups in total. The number of benzene rings is 2. The van der Waals surface area contributed by atoms with Crippen LogP contribution in [-0.2, 0) is 16.1 Å². The maximum absolute atomic E-state index is 11.8. The molecule has 0 aliphatic rings. The lowest BCUT2D eigenvalue weighted by Crippen LogP contribution is -2.20. The largest absolute Gasteiger partial charge is 0.478 e. The first-order chi connectivity index (χ1) is 12.1. The van der Waals surface area contributed by atoms with Crippen LogP contribution in [0, 0.1) is 0 Å². The van der Waals surface area contributed by atoms with Crippen LogP contribution in [0.3, 0.4) is 0 Å². The fourth-order valence-corrected chi connectivity index (χ4v) is 1.99. The number of ether oxygens (including phenoxy) is 2. The monoisotopic (exact) mass is 341 g/mol. The lowest BCUT2D eigenvalue weighted by atomic mass is 10.1. The number of aromatic carboxylic acids is 1. The molecule has 0 spiro atoms. The van der Waals surface area contributed by atoms with E-state index in [1.165, 1.54) is 18.2 Å². The van der Waals surface area contributed by atoms with Gasteiger partial charge in [0.2, 0.25) is 5.91 Å². The number of carboxylic acid groups (broad SMARTS) is 1. The van der Waals surface area contributed by atoms with E-state index < -0.39 is 5.97 Å². The van der Waals surface area contributed by atoms with E-state index >= 15 is 0 Å². The maximum atomic E-state index is 11.8. The maximum Gasteiger partial charge on any atom is 0.335 e. The zero-order valence-corrected chi connectivity index (χ0v) is 13.8. The average molecular weight is 341 g/mol. The predicted molar refractivity (Wildman–Crippen MR) is 93.2 cm³/mol. The molecule has 6 heteroatoms. The molecule has 0 heterocycles. The molecule has 2 rings (SSSR count). The lowest BCUT2D eigenvalue weighted by Gasteiger charge is -2.04. The molecule has 0 saturated carbocycles. The second kappa shape index (κ2) is 9.24. The van der Waals surface area contributed by atoms with Crippen LogP contribution in [0.15, 0.2) is 54.6 Å². The summed E-state index contributed by atoms with van der Waals surface area (Å²) in [4.78, 5) is 22.6. The summed E-state index contributed by atoms with van der Waals surface area (Å²) < 4.78 is 10.1. The Morgan fingerprint density at radius 3 is 2.36 bits per heavy atom. The minimum absolute atomic E-state index is 0.186. The Kier molecular flexibility index (Phi) is 6.74. The van der Waals surface area contributed by atoms with Gasteiger partial charge in [0.1, 0.15) is 5.75 Å². The first-order valence-corrected chi connectivity index (χ1v) is 7.58. The van der Waals surface area contributed by atoms with Gasteiger partial charge in [-0.05, 0) is 41.5 Å². The number of carbonyl (C=O) groups is 2. The third kappa shape index (κ3) is 6.12. The summed E-state index contributed by atoms with van der Waals surface area (Å²) in [5.74, 6) is -0.521. The number of nitrogens with one attached hydrogen (secondary N) is 1. The topological polar surface area (TPSA) is 84.9 Å². The molecule has 0 fully saturated rings. The fraction of sp³-hybridized carbons (Fsp3) is 0.158. The van der Waals surface area contributed by atoms with Crippen molar-refractivity contribution in [3.63, 3.8) is 0 Å². The summed E-state index contributed by atoms with van der Waals surface area (Å²) in [6, 6.07) is 13.6. The molecular weight excluding hydrogens is 322 g/mol. The molecule has 0 unspecified atom stereocenters. The molecule has 25 heavy (non-hydrogen) atoms. The van der Waals surface area contributed by atoms with Gasteiger partial charge in [-0.2, -0.15) is 0 Å². The highest BCUT2D eigenvalue weighted by Gasteiger charge is 2.02. The molecule has 2 aromatic carbocycles. The number of hydrogen-bond acceptors (Lipinski definition) is 4. The lowest BCUT2D eigenvalue weighted by molar-refractivity contribution is -0.116. The molecule has 0 saturated heterocycles. The van der Waals surface area contributed by atoms with Crippen LogP contribution in [0.25, 0.3) is 6.08 Å². The van der Waals surface area contributed by atoms with Crippen LogP contribution in [0.1, 0.15) is 21.5 Å². The van der Waals surface area contributed by atoms with Crippen LogP contribution in [-0.4, -0.2) is 30.9 Å². The second-order valence-electron chi connectivity index (χ2n) is 5.17. The summed E-state index contributed by atoms with van der Waals surface area (Å²) in [5.41, 5.74) is 1.91. The van der Waals surface area contributed by atoms with Gasteiger partial charge >= 0.3 is 5.97 Å². The van der Waals surface area contributed by atoms with Crippen LogP contribution < -0.4 is 10.1 Å². The SMILES string of the molecule is COCOc1ccc(/C=C/C(=O)NCc2ccc(C(=O)O)cc2)cc1. The number of methoxy groups -OCH3 is 1. The first kappa shape index (κ1) is 18.2. The summed E-state index contributed by atoms with van der Waals surface area (Å²) >= 11 is 0. The van der Waals surface area contributed by atoms with Gasteiger partial charge in [-0.25, -0.2) is 4.79 Å². The number of amides is 1. The normalized spacial score (nSPS) is 10.6. The van der Waals surface area contributed by atoms with Crippen molar-refractivity contribution in [3.8, 4) is 5.75 Å². The molecule has 0 aliphatic carbocycles. The highest BCUT2D eigenvalue weighted by molar-refractivity contribution is 5.91. The van der Waals surface area contributed by atoms with Gasteiger partial charge in [-0.3, -0.25) is 4.79 Å². The molecule has 0 bridgehead atoms. The Morgan fingerprint density at radius 2 is 1.76 bits per heavy atom. The summed E-state index contributed by atoms with van der Waals surface area (Å²) in [7, 11) is 1.55. The van der Waals surface area contributed by atoms with Crippen molar-refractivity contribution in [1.82, 2.24) is 5.32 Å². The van der Waals surface area contributed by atoms with Crippen LogP contribution in [0.5, 0.6) is 5.75 Å². The van der Waals surface area contributed by atoms with E-state index in [-0.39, 0.29) is 18.3 Å². The third-order valence-electron chi connectivity index (χ3n) is 3.32. The van der Waals surface area contributed by atoms with E-state index in [4.69, 9.17) is 14.6 Å². The molecule has 130 valence electrons. The Labute approximate surface area is 145 Å². The van der Waals surface area contributed by atoms with Crippen molar-refractivity contribution in [3.05, 3.63) is 71.3 Å². The van der Waals surface area contributed by atoms with Crippen molar-refractivity contribution < 1.29 is 24.2 Å².